The van der Waals surface area contributed by atoms with Crippen LogP contribution in [0.3, 0.4) is 0 Å². The molecule has 1 nitrogen and oxygen atoms in total. The minimum Gasteiger partial charge on any atom is -0.321 e. The Morgan fingerprint density at radius 2 is 2.10 bits per heavy atom. The summed E-state index contributed by atoms with van der Waals surface area (Å²) < 4.78 is 0. The van der Waals surface area contributed by atoms with Crippen LogP contribution in [0.15, 0.2) is 30.3 Å². The highest BCUT2D eigenvalue weighted by molar-refractivity contribution is 5.61. The Bertz CT molecular complexity index is 281. The predicted octanol–water partition coefficient (Wildman–Crippen LogP) is 1.83. The summed E-state index contributed by atoms with van der Waals surface area (Å²) in [5.41, 5.74) is 8.26. The lowest BCUT2D eigenvalue weighted by atomic mass is 10.1. The third-order valence-corrected chi connectivity index (χ3v) is 1.84. The topological polar surface area (TPSA) is 26.0 Å². The van der Waals surface area contributed by atoms with Crippen molar-refractivity contribution in [2.45, 2.75) is 6.04 Å². The van der Waals surface area contributed by atoms with E-state index in [0.29, 0.717) is 0 Å². The zero-order valence-electron chi connectivity index (χ0n) is 6.62. The Morgan fingerprint density at radius 3 is 2.90 bits per heavy atom. The van der Waals surface area contributed by atoms with Crippen molar-refractivity contribution >= 4 is 6.08 Å². The second-order valence-corrected chi connectivity index (χ2v) is 2.51. The van der Waals surface area contributed by atoms with E-state index in [1.807, 2.05) is 18.2 Å². The summed E-state index contributed by atoms with van der Waals surface area (Å²) in [6, 6.07) is 8.32. The third kappa shape index (κ3) is 0.677. The van der Waals surface area contributed by atoms with Crippen LogP contribution in [0, 0.1) is 0 Å². The molecule has 1 heteroatoms. The van der Waals surface area contributed by atoms with Gasteiger partial charge in [-0.25, -0.2) is 0 Å². The van der Waals surface area contributed by atoms with Crippen molar-refractivity contribution in [2.24, 2.45) is 5.73 Å². The number of hydrogen-bond donors (Lipinski definition) is 1. The van der Waals surface area contributed by atoms with Gasteiger partial charge in [0.2, 0.25) is 0 Å². The Hall–Kier alpha value is -1.08. The molecule has 0 saturated heterocycles. The summed E-state index contributed by atoms with van der Waals surface area (Å²) in [7, 11) is 0. The zero-order chi connectivity index (χ0) is 6.97. The van der Waals surface area contributed by atoms with Crippen molar-refractivity contribution in [3.8, 4) is 0 Å². The van der Waals surface area contributed by atoms with Crippen LogP contribution in [0.4, 0.5) is 0 Å². The SMILES string of the molecule is NC1C=Cc2ccccc21.[H+]. The van der Waals surface area contributed by atoms with Crippen LogP contribution in [-0.2, 0) is 0 Å². The van der Waals surface area contributed by atoms with Gasteiger partial charge in [0.05, 0.1) is 0 Å². The van der Waals surface area contributed by atoms with Gasteiger partial charge in [0, 0.05) is 6.04 Å². The maximum atomic E-state index is 5.76. The van der Waals surface area contributed by atoms with Gasteiger partial charge in [0.25, 0.3) is 0 Å². The average molecular weight is 132 g/mol. The third-order valence-electron chi connectivity index (χ3n) is 1.84. The quantitative estimate of drug-likeness (QED) is 0.572. The van der Waals surface area contributed by atoms with Crippen molar-refractivity contribution in [3.05, 3.63) is 41.5 Å². The standard InChI is InChI=1S/C9H9N/c10-9-6-5-7-3-1-2-4-8(7)9/h1-6,9H,10H2/p+1. The van der Waals surface area contributed by atoms with Crippen LogP contribution in [0.1, 0.15) is 18.6 Å². The molecule has 10 heavy (non-hydrogen) atoms. The van der Waals surface area contributed by atoms with Gasteiger partial charge in [-0.3, -0.25) is 0 Å². The van der Waals surface area contributed by atoms with Crippen LogP contribution in [0.5, 0.6) is 0 Å². The lowest BCUT2D eigenvalue weighted by Gasteiger charge is -2.01. The molecule has 1 atom stereocenters. The number of hydrogen-bond acceptors (Lipinski definition) is 1. The van der Waals surface area contributed by atoms with Gasteiger partial charge in [-0.1, -0.05) is 36.4 Å². The molecule has 1 aromatic rings. The highest BCUT2D eigenvalue weighted by atomic mass is 14.6. The van der Waals surface area contributed by atoms with E-state index >= 15 is 0 Å². The molecule has 1 aromatic carbocycles. The second kappa shape index (κ2) is 1.96. The number of rotatable bonds is 0. The number of nitrogens with two attached hydrogens (primary N) is 1. The number of fused-ring (bicyclic) bond motifs is 1. The molecule has 0 heterocycles. The molecule has 2 rings (SSSR count). The molecule has 0 amide bonds. The van der Waals surface area contributed by atoms with Gasteiger partial charge in [-0.05, 0) is 11.1 Å². The first kappa shape index (κ1) is 5.69. The summed E-state index contributed by atoms with van der Waals surface area (Å²) in [5.74, 6) is 0. The molecule has 2 N–H and O–H groups in total. The molecule has 50 valence electrons. The van der Waals surface area contributed by atoms with Gasteiger partial charge in [0.15, 0.2) is 0 Å². The van der Waals surface area contributed by atoms with Crippen LogP contribution in [0.25, 0.3) is 6.08 Å². The van der Waals surface area contributed by atoms with Crippen molar-refractivity contribution < 1.29 is 1.43 Å². The predicted molar refractivity (Wildman–Crippen MR) is 43.5 cm³/mol. The summed E-state index contributed by atoms with van der Waals surface area (Å²) in [5, 5.41) is 0. The molecule has 1 unspecified atom stereocenters. The first-order valence-corrected chi connectivity index (χ1v) is 3.40. The summed E-state index contributed by atoms with van der Waals surface area (Å²) >= 11 is 0. The van der Waals surface area contributed by atoms with E-state index < -0.39 is 0 Å². The van der Waals surface area contributed by atoms with Crippen molar-refractivity contribution in [3.63, 3.8) is 0 Å². The van der Waals surface area contributed by atoms with Gasteiger partial charge in [-0.15, -0.1) is 0 Å². The highest BCUT2D eigenvalue weighted by Gasteiger charge is 2.10. The minimum atomic E-state index is 0. The smallest absolute Gasteiger partial charge is 0.321 e. The maximum absolute atomic E-state index is 5.76. The first-order valence-electron chi connectivity index (χ1n) is 3.40. The van der Waals surface area contributed by atoms with Gasteiger partial charge >= 0.3 is 1.43 Å². The van der Waals surface area contributed by atoms with E-state index in [1.54, 1.807) is 0 Å². The van der Waals surface area contributed by atoms with Crippen LogP contribution in [0.2, 0.25) is 0 Å². The van der Waals surface area contributed by atoms with E-state index in [2.05, 4.69) is 18.2 Å². The van der Waals surface area contributed by atoms with E-state index in [1.165, 1.54) is 11.1 Å². The Balaban J connectivity index is 0.000000605. The normalized spacial score (nSPS) is 21.1. The molecule has 0 aliphatic heterocycles. The van der Waals surface area contributed by atoms with Gasteiger partial charge in [-0.2, -0.15) is 0 Å². The van der Waals surface area contributed by atoms with E-state index in [-0.39, 0.29) is 7.47 Å². The lowest BCUT2D eigenvalue weighted by molar-refractivity contribution is 0.931. The second-order valence-electron chi connectivity index (χ2n) is 2.51. The number of benzene rings is 1. The summed E-state index contributed by atoms with van der Waals surface area (Å²) in [6.07, 6.45) is 4.09. The Labute approximate surface area is 61.7 Å². The van der Waals surface area contributed by atoms with Crippen molar-refractivity contribution in [1.82, 2.24) is 0 Å². The molecule has 0 radical (unpaired) electrons. The molecule has 1 aliphatic rings. The Morgan fingerprint density at radius 1 is 1.30 bits per heavy atom. The van der Waals surface area contributed by atoms with Crippen LogP contribution >= 0.6 is 0 Å². The molecule has 0 spiro atoms. The van der Waals surface area contributed by atoms with E-state index in [9.17, 15) is 0 Å². The monoisotopic (exact) mass is 132 g/mol. The molecular weight excluding hydrogens is 122 g/mol. The molecule has 0 fully saturated rings. The fourth-order valence-corrected chi connectivity index (χ4v) is 1.28. The summed E-state index contributed by atoms with van der Waals surface area (Å²) in [6.45, 7) is 0. The molecular formula is C9H10N+. The highest BCUT2D eigenvalue weighted by Crippen LogP contribution is 2.24. The average Bonchev–Trinajstić information content (AvgIpc) is 2.34. The van der Waals surface area contributed by atoms with Crippen molar-refractivity contribution in [2.75, 3.05) is 0 Å². The molecule has 0 bridgehead atoms. The summed E-state index contributed by atoms with van der Waals surface area (Å²) in [4.78, 5) is 0. The first-order chi connectivity index (χ1) is 4.88. The van der Waals surface area contributed by atoms with Gasteiger partial charge < -0.3 is 5.73 Å². The molecule has 0 aromatic heterocycles. The fourth-order valence-electron chi connectivity index (χ4n) is 1.28. The fraction of sp³-hybridized carbons (Fsp3) is 0.111. The maximum Gasteiger partial charge on any atom is 1.00 e. The van der Waals surface area contributed by atoms with E-state index in [0.717, 1.165) is 0 Å². The van der Waals surface area contributed by atoms with E-state index in [4.69, 9.17) is 5.73 Å². The lowest BCUT2D eigenvalue weighted by Crippen LogP contribution is -2.03. The molecule has 0 saturated carbocycles. The molecule has 1 aliphatic carbocycles. The van der Waals surface area contributed by atoms with Crippen molar-refractivity contribution in [1.29, 1.82) is 0 Å². The zero-order valence-corrected chi connectivity index (χ0v) is 5.62. The van der Waals surface area contributed by atoms with Gasteiger partial charge in [0.1, 0.15) is 0 Å². The van der Waals surface area contributed by atoms with Crippen LogP contribution < -0.4 is 5.73 Å². The van der Waals surface area contributed by atoms with Crippen LogP contribution in [-0.4, -0.2) is 0 Å². The largest absolute Gasteiger partial charge is 1.00 e. The minimum absolute atomic E-state index is 0. The Kier molecular flexibility index (Phi) is 1.11.